The van der Waals surface area contributed by atoms with E-state index >= 15 is 0 Å². The predicted octanol–water partition coefficient (Wildman–Crippen LogP) is 4.49. The Kier molecular flexibility index (Phi) is 5.01. The molecule has 20 heavy (non-hydrogen) atoms. The molecule has 0 aliphatic rings. The van der Waals surface area contributed by atoms with Crippen molar-refractivity contribution in [3.63, 3.8) is 0 Å². The lowest BCUT2D eigenvalue weighted by atomic mass is 10.2. The van der Waals surface area contributed by atoms with E-state index in [4.69, 9.17) is 4.74 Å². The van der Waals surface area contributed by atoms with E-state index < -0.39 is 6.09 Å². The summed E-state index contributed by atoms with van der Waals surface area (Å²) < 4.78 is 4.83. The van der Waals surface area contributed by atoms with Gasteiger partial charge in [0.05, 0.1) is 12.6 Å². The van der Waals surface area contributed by atoms with Crippen molar-refractivity contribution in [2.24, 2.45) is 0 Å². The number of nitrogens with one attached hydrogen (secondary N) is 2. The van der Waals surface area contributed by atoms with Crippen LogP contribution in [0.2, 0.25) is 0 Å². The standard InChI is InChI=1S/C15H18N2O2S/c1-3-19-15(18)17-13-8-6-12(7-9-13)16-11(2)14-5-4-10-20-14/h4-11,16H,3H2,1-2H3,(H,17,18). The summed E-state index contributed by atoms with van der Waals surface area (Å²) in [5, 5.41) is 8.15. The number of carbonyl (C=O) groups is 1. The largest absolute Gasteiger partial charge is 0.450 e. The van der Waals surface area contributed by atoms with Crippen molar-refractivity contribution in [1.29, 1.82) is 0 Å². The zero-order chi connectivity index (χ0) is 14.4. The van der Waals surface area contributed by atoms with Gasteiger partial charge in [-0.3, -0.25) is 5.32 Å². The maximum atomic E-state index is 11.3. The van der Waals surface area contributed by atoms with Gasteiger partial charge in [0.2, 0.25) is 0 Å². The van der Waals surface area contributed by atoms with Crippen LogP contribution in [-0.2, 0) is 4.74 Å². The number of rotatable bonds is 5. The van der Waals surface area contributed by atoms with Crippen LogP contribution in [0.4, 0.5) is 16.2 Å². The van der Waals surface area contributed by atoms with Gasteiger partial charge < -0.3 is 10.1 Å². The first-order valence-electron chi connectivity index (χ1n) is 6.53. The van der Waals surface area contributed by atoms with Crippen molar-refractivity contribution in [1.82, 2.24) is 0 Å². The van der Waals surface area contributed by atoms with Crippen LogP contribution >= 0.6 is 11.3 Å². The van der Waals surface area contributed by atoms with E-state index in [1.54, 1.807) is 18.3 Å². The molecule has 1 aromatic carbocycles. The quantitative estimate of drug-likeness (QED) is 0.853. The third kappa shape index (κ3) is 3.99. The number of amides is 1. The summed E-state index contributed by atoms with van der Waals surface area (Å²) in [6.07, 6.45) is -0.430. The highest BCUT2D eigenvalue weighted by molar-refractivity contribution is 7.10. The van der Waals surface area contributed by atoms with Crippen LogP contribution in [0.5, 0.6) is 0 Å². The Labute approximate surface area is 122 Å². The number of carbonyl (C=O) groups excluding carboxylic acids is 1. The van der Waals surface area contributed by atoms with Crippen molar-refractivity contribution in [3.8, 4) is 0 Å². The van der Waals surface area contributed by atoms with Gasteiger partial charge in [-0.05, 0) is 49.6 Å². The molecule has 1 unspecified atom stereocenters. The molecule has 1 aromatic heterocycles. The first-order chi connectivity index (χ1) is 9.69. The molecule has 4 nitrogen and oxygen atoms in total. The molecule has 5 heteroatoms. The third-order valence-corrected chi connectivity index (χ3v) is 3.81. The van der Waals surface area contributed by atoms with Gasteiger partial charge in [-0.1, -0.05) is 6.07 Å². The Morgan fingerprint density at radius 3 is 2.55 bits per heavy atom. The van der Waals surface area contributed by atoms with Gasteiger partial charge in [-0.2, -0.15) is 0 Å². The zero-order valence-electron chi connectivity index (χ0n) is 11.6. The molecule has 0 bridgehead atoms. The van der Waals surface area contributed by atoms with Crippen molar-refractivity contribution in [2.75, 3.05) is 17.2 Å². The molecule has 0 aliphatic carbocycles. The van der Waals surface area contributed by atoms with Crippen molar-refractivity contribution >= 4 is 28.8 Å². The Bertz CT molecular complexity index is 538. The number of hydrogen-bond donors (Lipinski definition) is 2. The smallest absolute Gasteiger partial charge is 0.411 e. The highest BCUT2D eigenvalue weighted by Crippen LogP contribution is 2.23. The molecular formula is C15H18N2O2S. The maximum absolute atomic E-state index is 11.3. The van der Waals surface area contributed by atoms with Crippen LogP contribution in [0, 0.1) is 0 Å². The van der Waals surface area contributed by atoms with Gasteiger partial charge in [-0.25, -0.2) is 4.79 Å². The zero-order valence-corrected chi connectivity index (χ0v) is 12.4. The topological polar surface area (TPSA) is 50.4 Å². The normalized spacial score (nSPS) is 11.7. The van der Waals surface area contributed by atoms with Gasteiger partial charge >= 0.3 is 6.09 Å². The number of thiophene rings is 1. The van der Waals surface area contributed by atoms with Crippen molar-refractivity contribution in [2.45, 2.75) is 19.9 Å². The fraction of sp³-hybridized carbons (Fsp3) is 0.267. The van der Waals surface area contributed by atoms with Crippen LogP contribution in [0.15, 0.2) is 41.8 Å². The van der Waals surface area contributed by atoms with Gasteiger partial charge in [0, 0.05) is 16.3 Å². The molecule has 0 saturated heterocycles. The van der Waals surface area contributed by atoms with Crippen LogP contribution in [0.25, 0.3) is 0 Å². The Morgan fingerprint density at radius 2 is 1.95 bits per heavy atom. The van der Waals surface area contributed by atoms with E-state index in [9.17, 15) is 4.79 Å². The SMILES string of the molecule is CCOC(=O)Nc1ccc(NC(C)c2cccs2)cc1. The maximum Gasteiger partial charge on any atom is 0.411 e. The Morgan fingerprint density at radius 1 is 1.25 bits per heavy atom. The molecule has 0 aliphatic heterocycles. The number of ether oxygens (including phenoxy) is 1. The van der Waals surface area contributed by atoms with E-state index in [2.05, 4.69) is 29.0 Å². The summed E-state index contributed by atoms with van der Waals surface area (Å²) in [6, 6.07) is 12.0. The molecule has 1 heterocycles. The molecule has 1 amide bonds. The number of hydrogen-bond acceptors (Lipinski definition) is 4. The molecule has 0 spiro atoms. The number of benzene rings is 1. The van der Waals surface area contributed by atoms with Gasteiger partial charge in [0.1, 0.15) is 0 Å². The minimum absolute atomic E-state index is 0.263. The van der Waals surface area contributed by atoms with Crippen molar-refractivity contribution < 1.29 is 9.53 Å². The van der Waals surface area contributed by atoms with Crippen LogP contribution in [-0.4, -0.2) is 12.7 Å². The summed E-state index contributed by atoms with van der Waals surface area (Å²) >= 11 is 1.73. The van der Waals surface area contributed by atoms with E-state index in [0.717, 1.165) is 11.4 Å². The number of anilines is 2. The minimum Gasteiger partial charge on any atom is -0.450 e. The van der Waals surface area contributed by atoms with E-state index in [0.29, 0.717) is 6.61 Å². The summed E-state index contributed by atoms with van der Waals surface area (Å²) in [4.78, 5) is 12.6. The third-order valence-electron chi connectivity index (χ3n) is 2.76. The molecule has 2 rings (SSSR count). The molecule has 1 atom stereocenters. The summed E-state index contributed by atoms with van der Waals surface area (Å²) in [7, 11) is 0. The minimum atomic E-state index is -0.430. The summed E-state index contributed by atoms with van der Waals surface area (Å²) in [5.41, 5.74) is 1.73. The lowest BCUT2D eigenvalue weighted by molar-refractivity contribution is 0.168. The van der Waals surface area contributed by atoms with E-state index in [1.165, 1.54) is 4.88 Å². The fourth-order valence-electron chi connectivity index (χ4n) is 1.79. The van der Waals surface area contributed by atoms with Gasteiger partial charge in [0.15, 0.2) is 0 Å². The van der Waals surface area contributed by atoms with E-state index in [1.807, 2.05) is 30.3 Å². The molecule has 2 aromatic rings. The first-order valence-corrected chi connectivity index (χ1v) is 7.40. The second-order valence-corrected chi connectivity index (χ2v) is 5.28. The predicted molar refractivity (Wildman–Crippen MR) is 83.4 cm³/mol. The Balaban J connectivity index is 1.93. The molecule has 106 valence electrons. The highest BCUT2D eigenvalue weighted by atomic mass is 32.1. The molecule has 0 fully saturated rings. The average Bonchev–Trinajstić information content (AvgIpc) is 2.95. The van der Waals surface area contributed by atoms with Crippen molar-refractivity contribution in [3.05, 3.63) is 46.7 Å². The fourth-order valence-corrected chi connectivity index (χ4v) is 2.53. The second kappa shape index (κ2) is 6.96. The first kappa shape index (κ1) is 14.4. The average molecular weight is 290 g/mol. The van der Waals surface area contributed by atoms with Crippen LogP contribution in [0.3, 0.4) is 0 Å². The molecule has 0 saturated carbocycles. The van der Waals surface area contributed by atoms with Gasteiger partial charge in [0.25, 0.3) is 0 Å². The van der Waals surface area contributed by atoms with Crippen LogP contribution in [0.1, 0.15) is 24.8 Å². The molecule has 0 radical (unpaired) electrons. The lowest BCUT2D eigenvalue weighted by Gasteiger charge is -2.14. The van der Waals surface area contributed by atoms with Gasteiger partial charge in [-0.15, -0.1) is 11.3 Å². The second-order valence-electron chi connectivity index (χ2n) is 4.30. The highest BCUT2D eigenvalue weighted by Gasteiger charge is 2.06. The van der Waals surface area contributed by atoms with E-state index in [-0.39, 0.29) is 6.04 Å². The Hall–Kier alpha value is -2.01. The monoisotopic (exact) mass is 290 g/mol. The van der Waals surface area contributed by atoms with Crippen LogP contribution < -0.4 is 10.6 Å². The summed E-state index contributed by atoms with van der Waals surface area (Å²) in [6.45, 7) is 4.26. The molecule has 2 N–H and O–H groups in total. The molecular weight excluding hydrogens is 272 g/mol. The summed E-state index contributed by atoms with van der Waals surface area (Å²) in [5.74, 6) is 0. The lowest BCUT2D eigenvalue weighted by Crippen LogP contribution is -2.13.